The molecule has 0 bridgehead atoms. The fraction of sp³-hybridized carbons (Fsp3) is 0.357. The molecule has 1 heterocycles. The van der Waals surface area contributed by atoms with Gasteiger partial charge in [0.1, 0.15) is 5.75 Å². The number of aryl methyl sites for hydroxylation is 2. The SMILES string of the molecule is Cc1cc2c(cc1C)OC(C(F)(F)CF)C(C(=O)O)=C2. The number of hydrogen-bond acceptors (Lipinski definition) is 2. The fourth-order valence-electron chi connectivity index (χ4n) is 2.02. The second kappa shape index (κ2) is 4.85. The molecule has 20 heavy (non-hydrogen) atoms. The maximum absolute atomic E-state index is 13.5. The summed E-state index contributed by atoms with van der Waals surface area (Å²) in [6.07, 6.45) is -1.01. The zero-order chi connectivity index (χ0) is 15.1. The van der Waals surface area contributed by atoms with Gasteiger partial charge in [0.05, 0.1) is 5.57 Å². The minimum absolute atomic E-state index is 0.135. The third kappa shape index (κ3) is 2.37. The number of ether oxygens (including phenoxy) is 1. The summed E-state index contributed by atoms with van der Waals surface area (Å²) in [6, 6.07) is 3.19. The van der Waals surface area contributed by atoms with E-state index >= 15 is 0 Å². The van der Waals surface area contributed by atoms with Crippen molar-refractivity contribution in [3.63, 3.8) is 0 Å². The van der Waals surface area contributed by atoms with E-state index in [2.05, 4.69) is 0 Å². The second-order valence-electron chi connectivity index (χ2n) is 4.77. The van der Waals surface area contributed by atoms with Gasteiger partial charge in [0, 0.05) is 5.56 Å². The molecule has 0 radical (unpaired) electrons. The lowest BCUT2D eigenvalue weighted by Crippen LogP contribution is -2.44. The lowest BCUT2D eigenvalue weighted by atomic mass is 9.95. The Labute approximate surface area is 113 Å². The van der Waals surface area contributed by atoms with Crippen LogP contribution in [0, 0.1) is 13.8 Å². The summed E-state index contributed by atoms with van der Waals surface area (Å²) in [5.41, 5.74) is 1.45. The van der Waals surface area contributed by atoms with Gasteiger partial charge in [-0.15, -0.1) is 0 Å². The average Bonchev–Trinajstić information content (AvgIpc) is 2.38. The molecule has 0 saturated heterocycles. The monoisotopic (exact) mass is 286 g/mol. The van der Waals surface area contributed by atoms with Gasteiger partial charge in [-0.2, -0.15) is 8.78 Å². The van der Waals surface area contributed by atoms with Crippen LogP contribution in [0.5, 0.6) is 5.75 Å². The summed E-state index contributed by atoms with van der Waals surface area (Å²) in [6.45, 7) is 1.60. The van der Waals surface area contributed by atoms with E-state index in [0.717, 1.165) is 17.2 Å². The summed E-state index contributed by atoms with van der Waals surface area (Å²) in [5.74, 6) is -5.30. The summed E-state index contributed by atoms with van der Waals surface area (Å²) in [4.78, 5) is 11.1. The summed E-state index contributed by atoms with van der Waals surface area (Å²) in [7, 11) is 0. The molecule has 1 aromatic carbocycles. The van der Waals surface area contributed by atoms with Crippen molar-refractivity contribution in [3.8, 4) is 5.75 Å². The van der Waals surface area contributed by atoms with Gasteiger partial charge in [-0.3, -0.25) is 0 Å². The zero-order valence-electron chi connectivity index (χ0n) is 10.9. The van der Waals surface area contributed by atoms with Crippen molar-refractivity contribution >= 4 is 12.0 Å². The molecule has 0 saturated carbocycles. The fourth-order valence-corrected chi connectivity index (χ4v) is 2.02. The van der Waals surface area contributed by atoms with Crippen LogP contribution in [0.25, 0.3) is 6.08 Å². The van der Waals surface area contributed by atoms with Crippen LogP contribution in [0.1, 0.15) is 16.7 Å². The topological polar surface area (TPSA) is 46.5 Å². The van der Waals surface area contributed by atoms with Gasteiger partial charge in [-0.1, -0.05) is 0 Å². The van der Waals surface area contributed by atoms with Gasteiger partial charge < -0.3 is 9.84 Å². The lowest BCUT2D eigenvalue weighted by molar-refractivity contribution is -0.139. The minimum Gasteiger partial charge on any atom is -0.478 e. The highest BCUT2D eigenvalue weighted by Gasteiger charge is 2.48. The molecule has 0 amide bonds. The minimum atomic E-state index is -3.89. The predicted molar refractivity (Wildman–Crippen MR) is 66.9 cm³/mol. The van der Waals surface area contributed by atoms with Gasteiger partial charge in [-0.25, -0.2) is 9.18 Å². The molecule has 1 aliphatic rings. The Bertz CT molecular complexity index is 594. The molecule has 1 unspecified atom stereocenters. The molecule has 1 N–H and O–H groups in total. The smallest absolute Gasteiger partial charge is 0.335 e. The van der Waals surface area contributed by atoms with Gasteiger partial charge in [0.25, 0.3) is 0 Å². The first-order chi connectivity index (χ1) is 9.26. The van der Waals surface area contributed by atoms with Gasteiger partial charge in [0.15, 0.2) is 12.8 Å². The number of hydrogen-bond donors (Lipinski definition) is 1. The molecule has 108 valence electrons. The van der Waals surface area contributed by atoms with E-state index < -0.39 is 30.2 Å². The highest BCUT2D eigenvalue weighted by atomic mass is 19.3. The number of carboxylic acids is 1. The van der Waals surface area contributed by atoms with E-state index in [1.807, 2.05) is 6.92 Å². The van der Waals surface area contributed by atoms with Crippen LogP contribution in [0.3, 0.4) is 0 Å². The highest BCUT2D eigenvalue weighted by Crippen LogP contribution is 2.37. The van der Waals surface area contributed by atoms with E-state index in [0.29, 0.717) is 5.56 Å². The van der Waals surface area contributed by atoms with Crippen LogP contribution in [0.15, 0.2) is 17.7 Å². The summed E-state index contributed by atoms with van der Waals surface area (Å²) in [5, 5.41) is 9.01. The highest BCUT2D eigenvalue weighted by molar-refractivity contribution is 5.95. The predicted octanol–water partition coefficient (Wildman–Crippen LogP) is 3.14. The Kier molecular flexibility index (Phi) is 3.50. The van der Waals surface area contributed by atoms with Crippen LogP contribution in [-0.2, 0) is 4.79 Å². The zero-order valence-corrected chi connectivity index (χ0v) is 10.9. The van der Waals surface area contributed by atoms with E-state index in [1.54, 1.807) is 19.1 Å². The van der Waals surface area contributed by atoms with E-state index in [4.69, 9.17) is 9.84 Å². The molecule has 0 spiro atoms. The maximum atomic E-state index is 13.5. The number of fused-ring (bicyclic) bond motifs is 1. The average molecular weight is 286 g/mol. The summed E-state index contributed by atoms with van der Waals surface area (Å²) >= 11 is 0. The molecule has 0 aromatic heterocycles. The van der Waals surface area contributed by atoms with Crippen LogP contribution in [0.4, 0.5) is 13.2 Å². The quantitative estimate of drug-likeness (QED) is 0.928. The van der Waals surface area contributed by atoms with E-state index in [9.17, 15) is 18.0 Å². The second-order valence-corrected chi connectivity index (χ2v) is 4.77. The van der Waals surface area contributed by atoms with Crippen LogP contribution in [-0.4, -0.2) is 29.8 Å². The molecule has 1 atom stereocenters. The first-order valence-electron chi connectivity index (χ1n) is 5.93. The largest absolute Gasteiger partial charge is 0.478 e. The number of aliphatic carboxylic acids is 1. The van der Waals surface area contributed by atoms with Gasteiger partial charge in [0.2, 0.25) is 0 Å². The van der Waals surface area contributed by atoms with Crippen LogP contribution >= 0.6 is 0 Å². The first-order valence-corrected chi connectivity index (χ1v) is 5.93. The Balaban J connectivity index is 2.56. The third-order valence-corrected chi connectivity index (χ3v) is 3.27. The molecule has 2 rings (SSSR count). The van der Waals surface area contributed by atoms with Crippen molar-refractivity contribution in [2.75, 3.05) is 6.67 Å². The lowest BCUT2D eigenvalue weighted by Gasteiger charge is -2.30. The van der Waals surface area contributed by atoms with Crippen molar-refractivity contribution in [2.24, 2.45) is 0 Å². The number of rotatable bonds is 3. The van der Waals surface area contributed by atoms with Gasteiger partial charge >= 0.3 is 11.9 Å². The molecule has 1 aliphatic heterocycles. The number of alkyl halides is 3. The number of halogens is 3. The van der Waals surface area contributed by atoms with Crippen molar-refractivity contribution in [2.45, 2.75) is 25.9 Å². The van der Waals surface area contributed by atoms with Crippen LogP contribution in [0.2, 0.25) is 0 Å². The Morgan fingerprint density at radius 1 is 1.35 bits per heavy atom. The molecular formula is C14H13F3O3. The van der Waals surface area contributed by atoms with Crippen molar-refractivity contribution in [3.05, 3.63) is 34.4 Å². The normalized spacial score (nSPS) is 18.1. The van der Waals surface area contributed by atoms with Gasteiger partial charge in [-0.05, 0) is 43.2 Å². The Morgan fingerprint density at radius 3 is 2.50 bits per heavy atom. The van der Waals surface area contributed by atoms with Crippen molar-refractivity contribution in [1.82, 2.24) is 0 Å². The van der Waals surface area contributed by atoms with Crippen LogP contribution < -0.4 is 4.74 Å². The summed E-state index contributed by atoms with van der Waals surface area (Å²) < 4.78 is 44.6. The molecule has 6 heteroatoms. The molecule has 1 aromatic rings. The standard InChI is InChI=1S/C14H13F3O3/c1-7-3-9-5-10(13(18)19)12(14(16,17)6-15)20-11(9)4-8(7)2/h3-5,12H,6H2,1-2H3,(H,18,19). The van der Waals surface area contributed by atoms with Crippen molar-refractivity contribution < 1.29 is 27.8 Å². The molecule has 3 nitrogen and oxygen atoms in total. The molecular weight excluding hydrogens is 273 g/mol. The van der Waals surface area contributed by atoms with E-state index in [1.165, 1.54) is 0 Å². The number of carboxylic acid groups (broad SMARTS) is 1. The number of carbonyl (C=O) groups is 1. The Morgan fingerprint density at radius 2 is 1.95 bits per heavy atom. The third-order valence-electron chi connectivity index (χ3n) is 3.27. The first kappa shape index (κ1) is 14.4. The van der Waals surface area contributed by atoms with E-state index in [-0.39, 0.29) is 5.75 Å². The Hall–Kier alpha value is -1.98. The molecule has 0 fully saturated rings. The maximum Gasteiger partial charge on any atom is 0.335 e. The molecule has 0 aliphatic carbocycles. The van der Waals surface area contributed by atoms with Crippen molar-refractivity contribution in [1.29, 1.82) is 0 Å². The number of benzene rings is 1.